The molecule has 0 bridgehead atoms. The van der Waals surface area contributed by atoms with E-state index in [1.807, 2.05) is 0 Å². The predicted octanol–water partition coefficient (Wildman–Crippen LogP) is 4.34. The van der Waals surface area contributed by atoms with Crippen LogP contribution in [0.15, 0.2) is 36.7 Å². The summed E-state index contributed by atoms with van der Waals surface area (Å²) in [7, 11) is 0. The van der Waals surface area contributed by atoms with E-state index in [0.717, 1.165) is 74.9 Å². The summed E-state index contributed by atoms with van der Waals surface area (Å²) < 4.78 is 40.0. The number of anilines is 1. The predicted molar refractivity (Wildman–Crippen MR) is 134 cm³/mol. The number of aliphatic hydroxyl groups is 1. The Balaban J connectivity index is 1.46. The van der Waals surface area contributed by atoms with E-state index >= 15 is 0 Å². The number of nitrogens with zero attached hydrogens (tertiary/aromatic N) is 4. The minimum absolute atomic E-state index is 0.173. The number of rotatable bonds is 7. The first-order valence-electron chi connectivity index (χ1n) is 12.7. The van der Waals surface area contributed by atoms with E-state index in [1.54, 1.807) is 6.20 Å². The zero-order valence-corrected chi connectivity index (χ0v) is 20.3. The van der Waals surface area contributed by atoms with Crippen molar-refractivity contribution >= 4 is 17.0 Å². The summed E-state index contributed by atoms with van der Waals surface area (Å²) in [4.78, 5) is 11.4. The molecule has 3 heterocycles. The number of hydrogen-bond acceptors (Lipinski definition) is 6. The SMILES string of the molecule is OC1CCC(n2cc(-c3cccc(CN4CCNCC4)c3)c3cnc(NCCC(F)(F)F)nc32)CC1. The Kier molecular flexibility index (Phi) is 7.45. The van der Waals surface area contributed by atoms with E-state index in [0.29, 0.717) is 5.65 Å². The number of halogens is 3. The van der Waals surface area contributed by atoms with Crippen LogP contribution in [0.2, 0.25) is 0 Å². The van der Waals surface area contributed by atoms with Crippen molar-refractivity contribution in [3.05, 3.63) is 42.2 Å². The molecule has 10 heteroatoms. The van der Waals surface area contributed by atoms with Gasteiger partial charge in [0.05, 0.1) is 12.5 Å². The fourth-order valence-corrected chi connectivity index (χ4v) is 5.24. The second-order valence-electron chi connectivity index (χ2n) is 9.86. The van der Waals surface area contributed by atoms with Crippen molar-refractivity contribution in [2.45, 2.75) is 57.0 Å². The third-order valence-electron chi connectivity index (χ3n) is 7.18. The molecule has 3 aromatic rings. The Morgan fingerprint density at radius 1 is 1.11 bits per heavy atom. The third kappa shape index (κ3) is 5.99. The fourth-order valence-electron chi connectivity index (χ4n) is 5.24. The number of benzene rings is 1. The highest BCUT2D eigenvalue weighted by atomic mass is 19.4. The molecule has 1 aromatic carbocycles. The van der Waals surface area contributed by atoms with Crippen molar-refractivity contribution < 1.29 is 18.3 Å². The largest absolute Gasteiger partial charge is 0.393 e. The number of alkyl halides is 3. The highest BCUT2D eigenvalue weighted by molar-refractivity contribution is 5.94. The molecule has 2 aromatic heterocycles. The maximum atomic E-state index is 12.6. The van der Waals surface area contributed by atoms with Crippen LogP contribution in [0, 0.1) is 0 Å². The third-order valence-corrected chi connectivity index (χ3v) is 7.18. The first kappa shape index (κ1) is 25.0. The Hall–Kier alpha value is -2.69. The minimum atomic E-state index is -4.23. The average Bonchev–Trinajstić information content (AvgIpc) is 3.23. The molecular weight excluding hydrogens is 469 g/mol. The second kappa shape index (κ2) is 10.7. The topological polar surface area (TPSA) is 78.2 Å². The monoisotopic (exact) mass is 502 g/mol. The zero-order chi connectivity index (χ0) is 25.1. The lowest BCUT2D eigenvalue weighted by Crippen LogP contribution is -2.42. The molecule has 1 aliphatic carbocycles. The lowest BCUT2D eigenvalue weighted by atomic mass is 9.93. The number of piperazine rings is 1. The van der Waals surface area contributed by atoms with Crippen molar-refractivity contribution in [1.82, 2.24) is 24.8 Å². The van der Waals surface area contributed by atoms with E-state index in [-0.39, 0.29) is 24.6 Å². The summed E-state index contributed by atoms with van der Waals surface area (Å²) in [5, 5.41) is 17.0. The van der Waals surface area contributed by atoms with Crippen molar-refractivity contribution in [2.24, 2.45) is 0 Å². The lowest BCUT2D eigenvalue weighted by molar-refractivity contribution is -0.131. The molecule has 1 saturated heterocycles. The molecule has 194 valence electrons. The van der Waals surface area contributed by atoms with E-state index in [9.17, 15) is 18.3 Å². The fraction of sp³-hybridized carbons (Fsp3) is 0.538. The highest BCUT2D eigenvalue weighted by Gasteiger charge is 2.27. The van der Waals surface area contributed by atoms with E-state index < -0.39 is 12.6 Å². The van der Waals surface area contributed by atoms with Gasteiger partial charge in [0.15, 0.2) is 0 Å². The first-order valence-corrected chi connectivity index (χ1v) is 12.7. The number of aromatic nitrogens is 3. The van der Waals surface area contributed by atoms with Gasteiger partial charge in [-0.15, -0.1) is 0 Å². The Labute approximate surface area is 208 Å². The minimum Gasteiger partial charge on any atom is -0.393 e. The molecule has 3 N–H and O–H groups in total. The van der Waals surface area contributed by atoms with Gasteiger partial charge in [-0.25, -0.2) is 4.98 Å². The average molecular weight is 503 g/mol. The van der Waals surface area contributed by atoms with Crippen LogP contribution in [0.3, 0.4) is 0 Å². The quantitative estimate of drug-likeness (QED) is 0.446. The molecule has 36 heavy (non-hydrogen) atoms. The molecule has 0 amide bonds. The van der Waals surface area contributed by atoms with Crippen molar-refractivity contribution in [1.29, 1.82) is 0 Å². The molecule has 1 aliphatic heterocycles. The smallest absolute Gasteiger partial charge is 0.390 e. The molecule has 7 nitrogen and oxygen atoms in total. The van der Waals surface area contributed by atoms with Crippen molar-refractivity contribution in [3.8, 4) is 11.1 Å². The van der Waals surface area contributed by atoms with Gasteiger partial charge in [0.2, 0.25) is 5.95 Å². The molecule has 0 atom stereocenters. The van der Waals surface area contributed by atoms with Crippen molar-refractivity contribution in [2.75, 3.05) is 38.0 Å². The molecule has 2 aliphatic rings. The number of aliphatic hydroxyl groups excluding tert-OH is 1. The van der Waals surface area contributed by atoms with Gasteiger partial charge in [-0.3, -0.25) is 4.90 Å². The summed E-state index contributed by atoms with van der Waals surface area (Å²) >= 11 is 0. The molecule has 0 radical (unpaired) electrons. The number of fused-ring (bicyclic) bond motifs is 1. The van der Waals surface area contributed by atoms with Crippen LogP contribution in [0.1, 0.15) is 43.7 Å². The standard InChI is InChI=1S/C26H33F3N6O/c27-26(28,29)8-9-31-25-32-15-22-23(17-35(24(22)33-25)20-4-6-21(36)7-5-20)19-3-1-2-18(14-19)16-34-12-10-30-11-13-34/h1-3,14-15,17,20-21,30,36H,4-13,16H2,(H,31,32,33). The Morgan fingerprint density at radius 3 is 2.64 bits per heavy atom. The van der Waals surface area contributed by atoms with Gasteiger partial charge < -0.3 is 20.3 Å². The molecule has 0 unspecified atom stereocenters. The van der Waals surface area contributed by atoms with Crippen LogP contribution in [-0.4, -0.2) is 69.5 Å². The molecule has 5 rings (SSSR count). The van der Waals surface area contributed by atoms with Gasteiger partial charge in [0.25, 0.3) is 0 Å². The van der Waals surface area contributed by atoms with Gasteiger partial charge in [-0.2, -0.15) is 18.2 Å². The first-order chi connectivity index (χ1) is 17.4. The van der Waals surface area contributed by atoms with Gasteiger partial charge in [-0.05, 0) is 42.9 Å². The van der Waals surface area contributed by atoms with Crippen LogP contribution < -0.4 is 10.6 Å². The van der Waals surface area contributed by atoms with Gasteiger partial charge >= 0.3 is 6.18 Å². The maximum absolute atomic E-state index is 12.6. The molecule has 1 saturated carbocycles. The summed E-state index contributed by atoms with van der Waals surface area (Å²) in [5.74, 6) is 0.195. The summed E-state index contributed by atoms with van der Waals surface area (Å²) in [6, 6.07) is 8.68. The van der Waals surface area contributed by atoms with Gasteiger partial charge in [-0.1, -0.05) is 18.2 Å². The maximum Gasteiger partial charge on any atom is 0.390 e. The number of hydrogen-bond donors (Lipinski definition) is 3. The number of nitrogens with one attached hydrogen (secondary N) is 2. The summed E-state index contributed by atoms with van der Waals surface area (Å²) in [5.41, 5.74) is 4.04. The highest BCUT2D eigenvalue weighted by Crippen LogP contribution is 2.37. The second-order valence-corrected chi connectivity index (χ2v) is 9.86. The molecule has 2 fully saturated rings. The molecule has 0 spiro atoms. The summed E-state index contributed by atoms with van der Waals surface area (Å²) in [6.45, 7) is 4.66. The summed E-state index contributed by atoms with van der Waals surface area (Å²) in [6.07, 6.45) is 1.46. The normalized spacial score (nSPS) is 21.7. The van der Waals surface area contributed by atoms with E-state index in [2.05, 4.69) is 60.5 Å². The van der Waals surface area contributed by atoms with Crippen LogP contribution in [-0.2, 0) is 6.54 Å². The Bertz CT molecular complexity index is 1170. The van der Waals surface area contributed by atoms with Gasteiger partial charge in [0.1, 0.15) is 5.65 Å². The van der Waals surface area contributed by atoms with Crippen LogP contribution in [0.5, 0.6) is 0 Å². The lowest BCUT2D eigenvalue weighted by Gasteiger charge is -2.27. The zero-order valence-electron chi connectivity index (χ0n) is 20.3. The van der Waals surface area contributed by atoms with Crippen molar-refractivity contribution in [3.63, 3.8) is 0 Å². The molecular formula is C26H33F3N6O. The van der Waals surface area contributed by atoms with Crippen LogP contribution in [0.4, 0.5) is 19.1 Å². The Morgan fingerprint density at radius 2 is 1.89 bits per heavy atom. The van der Waals surface area contributed by atoms with Crippen LogP contribution in [0.25, 0.3) is 22.2 Å². The van der Waals surface area contributed by atoms with Gasteiger partial charge in [0, 0.05) is 68.7 Å². The van der Waals surface area contributed by atoms with Crippen LogP contribution >= 0.6 is 0 Å². The van der Waals surface area contributed by atoms with E-state index in [1.165, 1.54) is 5.56 Å². The van der Waals surface area contributed by atoms with E-state index in [4.69, 9.17) is 0 Å².